The first-order chi connectivity index (χ1) is 15.0. The maximum atomic E-state index is 12.1. The van der Waals surface area contributed by atoms with Crippen LogP contribution in [0.1, 0.15) is 11.1 Å². The molecule has 2 N–H and O–H groups in total. The Labute approximate surface area is 194 Å². The van der Waals surface area contributed by atoms with Gasteiger partial charge in [0.15, 0.2) is 5.11 Å². The molecular weight excluding hydrogens is 446 g/mol. The molecule has 3 aromatic carbocycles. The Morgan fingerprint density at radius 1 is 1.10 bits per heavy atom. The van der Waals surface area contributed by atoms with Gasteiger partial charge in [-0.05, 0) is 78.8 Å². The topological polar surface area (TPSA) is 54.0 Å². The number of thiocarbonyl (C=S) groups is 1. The molecule has 31 heavy (non-hydrogen) atoms. The number of nitrogens with zero attached hydrogens (tertiary/aromatic N) is 1. The van der Waals surface area contributed by atoms with Crippen molar-refractivity contribution in [3.05, 3.63) is 89.0 Å². The Morgan fingerprint density at radius 3 is 2.65 bits per heavy atom. The third-order valence-corrected chi connectivity index (χ3v) is 6.11. The van der Waals surface area contributed by atoms with Gasteiger partial charge in [0.1, 0.15) is 5.01 Å². The summed E-state index contributed by atoms with van der Waals surface area (Å²) in [7, 11) is 0. The highest BCUT2D eigenvalue weighted by molar-refractivity contribution is 7.80. The van der Waals surface area contributed by atoms with E-state index < -0.39 is 0 Å². The Bertz CT molecular complexity index is 1300. The minimum atomic E-state index is -0.334. The van der Waals surface area contributed by atoms with E-state index in [4.69, 9.17) is 28.8 Å². The summed E-state index contributed by atoms with van der Waals surface area (Å²) >= 11 is 13.0. The molecule has 0 aliphatic heterocycles. The maximum absolute atomic E-state index is 12.1. The number of amides is 1. The first-order valence-electron chi connectivity index (χ1n) is 9.50. The van der Waals surface area contributed by atoms with Crippen LogP contribution in [-0.2, 0) is 4.79 Å². The van der Waals surface area contributed by atoms with Gasteiger partial charge in [0.05, 0.1) is 10.2 Å². The fourth-order valence-corrected chi connectivity index (χ4v) is 4.43. The fraction of sp³-hybridized carbons (Fsp3) is 0.0417. The van der Waals surface area contributed by atoms with Crippen LogP contribution >= 0.6 is 35.2 Å². The monoisotopic (exact) mass is 463 g/mol. The van der Waals surface area contributed by atoms with Crippen LogP contribution in [0.25, 0.3) is 26.9 Å². The second-order valence-electron chi connectivity index (χ2n) is 6.87. The standard InChI is InChI=1S/C24H18ClN3OS2/c1-15-6-12-20-21(14-15)31-23(27-20)17-7-10-18(11-8-17)26-24(30)28-22(29)13-9-16-4-2-3-5-19(16)25/h2-14H,1H3,(H2,26,28,29,30). The van der Waals surface area contributed by atoms with Crippen LogP contribution in [0, 0.1) is 6.92 Å². The van der Waals surface area contributed by atoms with E-state index in [1.807, 2.05) is 48.5 Å². The van der Waals surface area contributed by atoms with E-state index in [1.165, 1.54) is 16.3 Å². The van der Waals surface area contributed by atoms with Crippen LogP contribution in [0.2, 0.25) is 5.02 Å². The van der Waals surface area contributed by atoms with Crippen LogP contribution in [0.5, 0.6) is 0 Å². The van der Waals surface area contributed by atoms with Gasteiger partial charge in [-0.1, -0.05) is 35.9 Å². The summed E-state index contributed by atoms with van der Waals surface area (Å²) in [6.07, 6.45) is 3.04. The van der Waals surface area contributed by atoms with E-state index in [0.29, 0.717) is 5.02 Å². The van der Waals surface area contributed by atoms with E-state index in [-0.39, 0.29) is 11.0 Å². The summed E-state index contributed by atoms with van der Waals surface area (Å²) in [6.45, 7) is 2.08. The van der Waals surface area contributed by atoms with E-state index >= 15 is 0 Å². The molecule has 0 unspecified atom stereocenters. The molecule has 0 fully saturated rings. The highest BCUT2D eigenvalue weighted by atomic mass is 35.5. The molecule has 0 spiro atoms. The van der Waals surface area contributed by atoms with Crippen molar-refractivity contribution in [2.24, 2.45) is 0 Å². The zero-order valence-corrected chi connectivity index (χ0v) is 18.9. The average Bonchev–Trinajstić information content (AvgIpc) is 3.17. The number of rotatable bonds is 4. The number of nitrogens with one attached hydrogen (secondary N) is 2. The number of anilines is 1. The first kappa shape index (κ1) is 21.2. The molecule has 0 radical (unpaired) electrons. The van der Waals surface area contributed by atoms with Gasteiger partial charge in [0.25, 0.3) is 0 Å². The number of halogens is 1. The number of hydrogen-bond donors (Lipinski definition) is 2. The molecule has 1 amide bonds. The van der Waals surface area contributed by atoms with Crippen molar-refractivity contribution in [3.63, 3.8) is 0 Å². The Morgan fingerprint density at radius 2 is 1.87 bits per heavy atom. The van der Waals surface area contributed by atoms with Crippen LogP contribution < -0.4 is 10.6 Å². The highest BCUT2D eigenvalue weighted by Gasteiger charge is 2.07. The molecule has 0 aliphatic carbocycles. The smallest absolute Gasteiger partial charge is 0.250 e. The SMILES string of the molecule is Cc1ccc2nc(-c3ccc(NC(=S)NC(=O)C=Cc4ccccc4Cl)cc3)sc2c1. The number of aryl methyl sites for hydroxylation is 1. The normalized spacial score (nSPS) is 11.0. The van der Waals surface area contributed by atoms with Crippen LogP contribution in [-0.4, -0.2) is 16.0 Å². The molecule has 7 heteroatoms. The number of thiazole rings is 1. The first-order valence-corrected chi connectivity index (χ1v) is 11.1. The quantitative estimate of drug-likeness (QED) is 0.269. The number of carbonyl (C=O) groups is 1. The molecular formula is C24H18ClN3OS2. The average molecular weight is 464 g/mol. The van der Waals surface area contributed by atoms with Crippen molar-refractivity contribution in [1.29, 1.82) is 0 Å². The second-order valence-corrected chi connectivity index (χ2v) is 8.71. The Hall–Kier alpha value is -3.06. The number of hydrogen-bond acceptors (Lipinski definition) is 4. The van der Waals surface area contributed by atoms with Crippen LogP contribution in [0.4, 0.5) is 5.69 Å². The van der Waals surface area contributed by atoms with Crippen molar-refractivity contribution in [3.8, 4) is 10.6 Å². The van der Waals surface area contributed by atoms with Gasteiger partial charge in [-0.3, -0.25) is 10.1 Å². The molecule has 0 saturated heterocycles. The Balaban J connectivity index is 1.37. The fourth-order valence-electron chi connectivity index (χ4n) is 2.94. The number of benzene rings is 3. The molecule has 0 bridgehead atoms. The summed E-state index contributed by atoms with van der Waals surface area (Å²) in [5.41, 5.74) is 4.79. The molecule has 0 saturated carbocycles. The van der Waals surface area contributed by atoms with Crippen LogP contribution in [0.3, 0.4) is 0 Å². The largest absolute Gasteiger partial charge is 0.332 e. The highest BCUT2D eigenvalue weighted by Crippen LogP contribution is 2.31. The Kier molecular flexibility index (Phi) is 6.42. The van der Waals surface area contributed by atoms with Crippen molar-refractivity contribution >= 4 is 68.2 Å². The summed E-state index contributed by atoms with van der Waals surface area (Å²) in [4.78, 5) is 16.8. The molecule has 1 heterocycles. The van der Waals surface area contributed by atoms with Gasteiger partial charge in [-0.15, -0.1) is 11.3 Å². The third kappa shape index (κ3) is 5.35. The van der Waals surface area contributed by atoms with E-state index in [2.05, 4.69) is 29.7 Å². The van der Waals surface area contributed by atoms with Crippen molar-refractivity contribution in [2.75, 3.05) is 5.32 Å². The van der Waals surface area contributed by atoms with Gasteiger partial charge < -0.3 is 5.32 Å². The maximum Gasteiger partial charge on any atom is 0.250 e. The number of carbonyl (C=O) groups excluding carboxylic acids is 1. The molecule has 1 aromatic heterocycles. The van der Waals surface area contributed by atoms with Gasteiger partial charge in [-0.25, -0.2) is 4.98 Å². The third-order valence-electron chi connectivity index (χ3n) is 4.49. The van der Waals surface area contributed by atoms with Gasteiger partial charge >= 0.3 is 0 Å². The number of aromatic nitrogens is 1. The second kappa shape index (κ2) is 9.39. The van der Waals surface area contributed by atoms with Gasteiger partial charge in [0.2, 0.25) is 5.91 Å². The lowest BCUT2D eigenvalue weighted by Crippen LogP contribution is -2.32. The predicted molar refractivity (Wildman–Crippen MR) is 135 cm³/mol. The summed E-state index contributed by atoms with van der Waals surface area (Å²) in [5.74, 6) is -0.334. The van der Waals surface area contributed by atoms with E-state index in [9.17, 15) is 4.79 Å². The molecule has 4 aromatic rings. The predicted octanol–water partition coefficient (Wildman–Crippen LogP) is 6.45. The number of fused-ring (bicyclic) bond motifs is 1. The summed E-state index contributed by atoms with van der Waals surface area (Å²) in [6, 6.07) is 21.3. The molecule has 0 aliphatic rings. The van der Waals surface area contributed by atoms with Gasteiger partial charge in [-0.2, -0.15) is 0 Å². The molecule has 4 nitrogen and oxygen atoms in total. The lowest BCUT2D eigenvalue weighted by atomic mass is 10.2. The van der Waals surface area contributed by atoms with Crippen molar-refractivity contribution < 1.29 is 4.79 Å². The zero-order chi connectivity index (χ0) is 21.8. The minimum absolute atomic E-state index is 0.219. The van der Waals surface area contributed by atoms with E-state index in [1.54, 1.807) is 23.5 Å². The minimum Gasteiger partial charge on any atom is -0.332 e. The summed E-state index contributed by atoms with van der Waals surface area (Å²) in [5, 5.41) is 7.41. The van der Waals surface area contributed by atoms with Crippen molar-refractivity contribution in [2.45, 2.75) is 6.92 Å². The zero-order valence-electron chi connectivity index (χ0n) is 16.6. The van der Waals surface area contributed by atoms with E-state index in [0.717, 1.165) is 27.3 Å². The lowest BCUT2D eigenvalue weighted by molar-refractivity contribution is -0.115. The summed E-state index contributed by atoms with van der Waals surface area (Å²) < 4.78 is 1.17. The molecule has 4 rings (SSSR count). The van der Waals surface area contributed by atoms with Crippen LogP contribution in [0.15, 0.2) is 72.8 Å². The van der Waals surface area contributed by atoms with Gasteiger partial charge in [0, 0.05) is 22.3 Å². The lowest BCUT2D eigenvalue weighted by Gasteiger charge is -2.08. The molecule has 154 valence electrons. The van der Waals surface area contributed by atoms with Crippen molar-refractivity contribution in [1.82, 2.24) is 10.3 Å². The molecule has 0 atom stereocenters.